The van der Waals surface area contributed by atoms with Gasteiger partial charge in [0.2, 0.25) is 0 Å². The minimum atomic E-state index is 0. The van der Waals surface area contributed by atoms with Crippen LogP contribution < -0.4 is 79.3 Å². The first-order valence-corrected chi connectivity index (χ1v) is 16.1. The van der Waals surface area contributed by atoms with Gasteiger partial charge in [-0.1, -0.05) is 0 Å². The summed E-state index contributed by atoms with van der Waals surface area (Å²) in [6, 6.07) is 20.9. The normalized spacial score (nSPS) is 15.9. The van der Waals surface area contributed by atoms with Gasteiger partial charge in [0, 0.05) is 109 Å². The van der Waals surface area contributed by atoms with Gasteiger partial charge in [0.05, 0.1) is 0 Å². The maximum Gasteiger partial charge on any atom is 0.173 e. The molecule has 240 valence electrons. The molecule has 45 heavy (non-hydrogen) atoms. The van der Waals surface area contributed by atoms with E-state index in [4.69, 9.17) is 0 Å². The molecule has 6 nitrogen and oxygen atoms in total. The first-order chi connectivity index (χ1) is 20.7. The molecule has 3 aliphatic heterocycles. The number of halogens is 3. The summed E-state index contributed by atoms with van der Waals surface area (Å²) >= 11 is 0. The largest absolute Gasteiger partial charge is 1.00 e. The molecular formula is C36H45Br3N6. The SMILES string of the molecule is [Br-].[Br-].[Br-].c1c(C[n+]2ccc(N3CCCC3)cc2)cc(C[n+]2ccc(N3CCCC3)cc2)cc1C[n+]1ccc(N2CCCC2)cc1. The molecule has 6 heterocycles. The second-order valence-corrected chi connectivity index (χ2v) is 12.4. The first kappa shape index (κ1) is 35.4. The summed E-state index contributed by atoms with van der Waals surface area (Å²) in [5.41, 5.74) is 8.10. The summed E-state index contributed by atoms with van der Waals surface area (Å²) in [5, 5.41) is 0. The molecule has 3 aliphatic rings. The average molecular weight is 802 g/mol. The third-order valence-electron chi connectivity index (χ3n) is 9.24. The Hall–Kier alpha value is -2.49. The van der Waals surface area contributed by atoms with E-state index < -0.39 is 0 Å². The molecule has 0 spiro atoms. The Bertz CT molecular complexity index is 1270. The molecule has 0 atom stereocenters. The minimum absolute atomic E-state index is 0. The minimum Gasteiger partial charge on any atom is -1.00 e. The quantitative estimate of drug-likeness (QED) is 0.160. The number of hydrogen-bond acceptors (Lipinski definition) is 3. The van der Waals surface area contributed by atoms with E-state index in [-0.39, 0.29) is 50.9 Å². The van der Waals surface area contributed by atoms with Crippen molar-refractivity contribution >= 4 is 17.1 Å². The molecule has 0 amide bonds. The standard InChI is InChI=1S/C36H45N6.3BrH/c1-2-14-40(13-1)34-7-19-37(20-8-34)28-31-25-32(29-38-21-9-35(10-22-38)41-15-3-4-16-41)27-33(26-31)30-39-23-11-36(12-24-39)42-17-5-6-18-42;;;/h7-12,19-27H,1-6,13-18,28-30H2;3*1H/q+3;;;/p-3. The first-order valence-electron chi connectivity index (χ1n) is 16.1. The Balaban J connectivity index is 0.00000154. The van der Waals surface area contributed by atoms with Crippen LogP contribution in [-0.4, -0.2) is 39.3 Å². The maximum absolute atomic E-state index is 2.50. The Morgan fingerprint density at radius 2 is 0.600 bits per heavy atom. The highest BCUT2D eigenvalue weighted by molar-refractivity contribution is 5.46. The molecule has 0 N–H and O–H groups in total. The number of nitrogens with zero attached hydrogens (tertiary/aromatic N) is 6. The van der Waals surface area contributed by atoms with E-state index in [9.17, 15) is 0 Å². The van der Waals surface area contributed by atoms with Crippen molar-refractivity contribution in [2.75, 3.05) is 54.0 Å². The fourth-order valence-corrected chi connectivity index (χ4v) is 6.97. The van der Waals surface area contributed by atoms with Crippen LogP contribution in [0.5, 0.6) is 0 Å². The van der Waals surface area contributed by atoms with E-state index in [1.165, 1.54) is 112 Å². The second kappa shape index (κ2) is 16.9. The number of rotatable bonds is 9. The van der Waals surface area contributed by atoms with Crippen molar-refractivity contribution in [3.8, 4) is 0 Å². The predicted molar refractivity (Wildman–Crippen MR) is 168 cm³/mol. The Kier molecular flexibility index (Phi) is 13.3. The Morgan fingerprint density at radius 3 is 0.822 bits per heavy atom. The zero-order valence-electron chi connectivity index (χ0n) is 26.1. The number of anilines is 3. The molecule has 0 aliphatic carbocycles. The van der Waals surface area contributed by atoms with Crippen LogP contribution in [0.25, 0.3) is 0 Å². The monoisotopic (exact) mass is 798 g/mol. The zero-order chi connectivity index (χ0) is 28.1. The van der Waals surface area contributed by atoms with Crippen LogP contribution in [0.15, 0.2) is 91.8 Å². The van der Waals surface area contributed by atoms with Gasteiger partial charge in [-0.15, -0.1) is 0 Å². The van der Waals surface area contributed by atoms with Gasteiger partial charge < -0.3 is 65.6 Å². The lowest BCUT2D eigenvalue weighted by molar-refractivity contribution is -0.690. The average Bonchev–Trinajstić information content (AvgIpc) is 3.83. The van der Waals surface area contributed by atoms with Crippen molar-refractivity contribution in [3.05, 3.63) is 108 Å². The number of pyridine rings is 3. The van der Waals surface area contributed by atoms with Gasteiger partial charge in [-0.3, -0.25) is 0 Å². The number of aromatic nitrogens is 3. The molecule has 4 aromatic rings. The fourth-order valence-electron chi connectivity index (χ4n) is 6.97. The van der Waals surface area contributed by atoms with Crippen LogP contribution >= 0.6 is 0 Å². The molecule has 7 rings (SSSR count). The van der Waals surface area contributed by atoms with Crippen molar-refractivity contribution < 1.29 is 64.6 Å². The van der Waals surface area contributed by atoms with Crippen LogP contribution in [0, 0.1) is 0 Å². The zero-order valence-corrected chi connectivity index (χ0v) is 30.8. The van der Waals surface area contributed by atoms with Crippen LogP contribution in [-0.2, 0) is 19.6 Å². The van der Waals surface area contributed by atoms with Crippen molar-refractivity contribution in [1.29, 1.82) is 0 Å². The van der Waals surface area contributed by atoms with Gasteiger partial charge in [-0.05, 0) is 56.7 Å². The fraction of sp³-hybridized carbons (Fsp3) is 0.417. The Morgan fingerprint density at radius 1 is 0.378 bits per heavy atom. The summed E-state index contributed by atoms with van der Waals surface area (Å²) < 4.78 is 6.95. The molecule has 0 saturated carbocycles. The van der Waals surface area contributed by atoms with Crippen LogP contribution in [0.1, 0.15) is 55.2 Å². The Labute approximate surface area is 300 Å². The van der Waals surface area contributed by atoms with Crippen molar-refractivity contribution in [3.63, 3.8) is 0 Å². The summed E-state index contributed by atoms with van der Waals surface area (Å²) in [7, 11) is 0. The van der Waals surface area contributed by atoms with Crippen molar-refractivity contribution in [1.82, 2.24) is 0 Å². The molecule has 3 saturated heterocycles. The van der Waals surface area contributed by atoms with E-state index in [0.29, 0.717) is 0 Å². The molecule has 9 heteroatoms. The van der Waals surface area contributed by atoms with E-state index in [1.807, 2.05) is 0 Å². The molecule has 0 unspecified atom stereocenters. The van der Waals surface area contributed by atoms with E-state index in [0.717, 1.165) is 19.6 Å². The lowest BCUT2D eigenvalue weighted by atomic mass is 10.0. The molecule has 3 aromatic heterocycles. The molecule has 0 bridgehead atoms. The van der Waals surface area contributed by atoms with E-state index in [1.54, 1.807) is 0 Å². The summed E-state index contributed by atoms with van der Waals surface area (Å²) in [4.78, 5) is 7.50. The van der Waals surface area contributed by atoms with Gasteiger partial charge in [-0.25, -0.2) is 13.7 Å². The maximum atomic E-state index is 2.50. The van der Waals surface area contributed by atoms with E-state index >= 15 is 0 Å². The van der Waals surface area contributed by atoms with Crippen molar-refractivity contribution in [2.45, 2.75) is 58.2 Å². The van der Waals surface area contributed by atoms with Gasteiger partial charge in [0.1, 0.15) is 0 Å². The molecule has 3 fully saturated rings. The highest BCUT2D eigenvalue weighted by Gasteiger charge is 2.18. The second-order valence-electron chi connectivity index (χ2n) is 12.4. The lowest BCUT2D eigenvalue weighted by Crippen LogP contribution is -3.00. The van der Waals surface area contributed by atoms with Gasteiger partial charge >= 0.3 is 0 Å². The third kappa shape index (κ3) is 9.07. The lowest BCUT2D eigenvalue weighted by Gasteiger charge is -2.16. The van der Waals surface area contributed by atoms with Gasteiger partial charge in [0.25, 0.3) is 0 Å². The topological polar surface area (TPSA) is 21.4 Å². The van der Waals surface area contributed by atoms with Gasteiger partial charge in [0.15, 0.2) is 56.8 Å². The van der Waals surface area contributed by atoms with Crippen LogP contribution in [0.3, 0.4) is 0 Å². The summed E-state index contributed by atoms with van der Waals surface area (Å²) in [6.45, 7) is 9.72. The highest BCUT2D eigenvalue weighted by Crippen LogP contribution is 2.21. The van der Waals surface area contributed by atoms with E-state index in [2.05, 4.69) is 120 Å². The third-order valence-corrected chi connectivity index (χ3v) is 9.24. The van der Waals surface area contributed by atoms with Crippen molar-refractivity contribution in [2.24, 2.45) is 0 Å². The van der Waals surface area contributed by atoms with Crippen LogP contribution in [0.2, 0.25) is 0 Å². The molecule has 1 aromatic carbocycles. The number of hydrogen-bond donors (Lipinski definition) is 0. The van der Waals surface area contributed by atoms with Gasteiger partial charge in [-0.2, -0.15) is 0 Å². The molecular weight excluding hydrogens is 756 g/mol. The number of benzene rings is 1. The van der Waals surface area contributed by atoms with Crippen LogP contribution in [0.4, 0.5) is 17.1 Å². The smallest absolute Gasteiger partial charge is 0.173 e. The summed E-state index contributed by atoms with van der Waals surface area (Å²) in [5.74, 6) is 0. The highest BCUT2D eigenvalue weighted by atomic mass is 79.9. The molecule has 0 radical (unpaired) electrons. The summed E-state index contributed by atoms with van der Waals surface area (Å²) in [6.07, 6.45) is 21.3. The predicted octanol–water partition coefficient (Wildman–Crippen LogP) is -4.49.